The zero-order valence-electron chi connectivity index (χ0n) is 37.3. The SMILES string of the molecule is C=C(C)OC(=C(CCCCCCCC(C)C)CCCCCCCC(C)C)C(CCCCCCCC(C)C)CCCCCCCC(C)C.O=[P+](O)O[P+](=O)O. The smallest absolute Gasteiger partial charge is 0.467 e. The van der Waals surface area contributed by atoms with Crippen LogP contribution in [-0.4, -0.2) is 9.79 Å². The molecule has 0 saturated carbocycles. The fraction of sp³-hybridized carbons (Fsp3) is 0.913. The van der Waals surface area contributed by atoms with Crippen LogP contribution in [0.3, 0.4) is 0 Å². The van der Waals surface area contributed by atoms with Crippen LogP contribution in [-0.2, 0) is 18.2 Å². The second kappa shape index (κ2) is 39.2. The van der Waals surface area contributed by atoms with Crippen LogP contribution in [0.1, 0.15) is 242 Å². The maximum atomic E-state index is 9.39. The Bertz CT molecular complexity index is 872. The first-order valence-corrected chi connectivity index (χ1v) is 25.0. The minimum atomic E-state index is -2.92. The van der Waals surface area contributed by atoms with Gasteiger partial charge in [0.15, 0.2) is 4.31 Å². The number of allylic oxidation sites excluding steroid dienone is 3. The molecular formula is C46H92O6P2+2. The van der Waals surface area contributed by atoms with Gasteiger partial charge in [0.1, 0.15) is 5.76 Å². The van der Waals surface area contributed by atoms with Crippen molar-refractivity contribution in [2.24, 2.45) is 29.6 Å². The Kier molecular flexibility index (Phi) is 40.3. The predicted octanol–water partition coefficient (Wildman–Crippen LogP) is 17.3. The molecule has 0 aliphatic rings. The molecular weight excluding hydrogens is 710 g/mol. The summed E-state index contributed by atoms with van der Waals surface area (Å²) >= 11 is 0. The molecule has 0 fully saturated rings. The summed E-state index contributed by atoms with van der Waals surface area (Å²) in [6.07, 6.45) is 38.3. The van der Waals surface area contributed by atoms with Crippen molar-refractivity contribution in [1.29, 1.82) is 0 Å². The second-order valence-corrected chi connectivity index (χ2v) is 19.5. The first-order chi connectivity index (χ1) is 25.6. The first kappa shape index (κ1) is 55.5. The Morgan fingerprint density at radius 3 is 0.963 bits per heavy atom. The van der Waals surface area contributed by atoms with E-state index in [9.17, 15) is 9.13 Å². The summed E-state index contributed by atoms with van der Waals surface area (Å²) in [5, 5.41) is 0. The zero-order chi connectivity index (χ0) is 41.0. The molecule has 0 rings (SSSR count). The molecule has 0 aromatic carbocycles. The molecule has 0 aromatic heterocycles. The maximum Gasteiger partial charge on any atom is 0.745 e. The average molecular weight is 803 g/mol. The fourth-order valence-electron chi connectivity index (χ4n) is 7.26. The zero-order valence-corrected chi connectivity index (χ0v) is 39.1. The third-order valence-electron chi connectivity index (χ3n) is 10.3. The van der Waals surface area contributed by atoms with Gasteiger partial charge in [-0.05, 0) is 74.7 Å². The van der Waals surface area contributed by atoms with Gasteiger partial charge < -0.3 is 4.74 Å². The number of ether oxygens (including phenoxy) is 1. The van der Waals surface area contributed by atoms with Crippen molar-refractivity contribution in [1.82, 2.24) is 0 Å². The molecule has 2 N–H and O–H groups in total. The summed E-state index contributed by atoms with van der Waals surface area (Å²) in [4.78, 5) is 15.3. The predicted molar refractivity (Wildman–Crippen MR) is 236 cm³/mol. The van der Waals surface area contributed by atoms with Crippen LogP contribution in [0.4, 0.5) is 0 Å². The molecule has 320 valence electrons. The van der Waals surface area contributed by atoms with Crippen LogP contribution >= 0.6 is 16.5 Å². The molecule has 0 heterocycles. The lowest BCUT2D eigenvalue weighted by atomic mass is 9.87. The van der Waals surface area contributed by atoms with E-state index in [1.54, 1.807) is 5.57 Å². The molecule has 6 nitrogen and oxygen atoms in total. The van der Waals surface area contributed by atoms with Gasteiger partial charge in [-0.15, -0.1) is 9.79 Å². The highest BCUT2D eigenvalue weighted by Gasteiger charge is 2.31. The van der Waals surface area contributed by atoms with E-state index in [1.165, 1.54) is 186 Å². The van der Waals surface area contributed by atoms with E-state index in [-0.39, 0.29) is 0 Å². The number of rotatable bonds is 37. The summed E-state index contributed by atoms with van der Waals surface area (Å²) in [5.74, 6) is 6.21. The molecule has 0 saturated heterocycles. The van der Waals surface area contributed by atoms with Crippen molar-refractivity contribution < 1.29 is 28.0 Å². The van der Waals surface area contributed by atoms with E-state index in [4.69, 9.17) is 14.5 Å². The van der Waals surface area contributed by atoms with Gasteiger partial charge in [0.2, 0.25) is 0 Å². The van der Waals surface area contributed by atoms with Crippen LogP contribution in [0.25, 0.3) is 0 Å². The second-order valence-electron chi connectivity index (χ2n) is 17.9. The number of unbranched alkanes of at least 4 members (excludes halogenated alkanes) is 16. The molecule has 8 heteroatoms. The molecule has 0 aromatic rings. The molecule has 54 heavy (non-hydrogen) atoms. The van der Waals surface area contributed by atoms with Crippen molar-refractivity contribution in [2.45, 2.75) is 242 Å². The van der Waals surface area contributed by atoms with Crippen molar-refractivity contribution in [3.05, 3.63) is 23.7 Å². The van der Waals surface area contributed by atoms with Gasteiger partial charge in [0, 0.05) is 15.0 Å². The Morgan fingerprint density at radius 2 is 0.722 bits per heavy atom. The van der Waals surface area contributed by atoms with Gasteiger partial charge in [-0.25, -0.2) is 0 Å². The third-order valence-corrected chi connectivity index (χ3v) is 11.4. The van der Waals surface area contributed by atoms with Crippen LogP contribution in [0, 0.1) is 29.6 Å². The normalized spacial score (nSPS) is 12.1. The van der Waals surface area contributed by atoms with E-state index in [0.717, 1.165) is 29.4 Å². The molecule has 0 bridgehead atoms. The van der Waals surface area contributed by atoms with Crippen LogP contribution in [0.15, 0.2) is 23.7 Å². The fourth-order valence-corrected chi connectivity index (χ4v) is 7.74. The minimum absolute atomic E-state index is 0.574. The van der Waals surface area contributed by atoms with Crippen LogP contribution in [0.2, 0.25) is 0 Å². The summed E-state index contributed by atoms with van der Waals surface area (Å²) in [7, 11) is -5.85. The van der Waals surface area contributed by atoms with Gasteiger partial charge in [0.25, 0.3) is 0 Å². The van der Waals surface area contributed by atoms with Gasteiger partial charge in [0.05, 0.1) is 5.76 Å². The Hall–Kier alpha value is -0.640. The number of hydrogen-bond donors (Lipinski definition) is 2. The Morgan fingerprint density at radius 1 is 0.463 bits per heavy atom. The van der Waals surface area contributed by atoms with Gasteiger partial charge >= 0.3 is 16.5 Å². The summed E-state index contributed by atoms with van der Waals surface area (Å²) in [5.41, 5.74) is 1.66. The highest BCUT2D eigenvalue weighted by Crippen LogP contribution is 2.34. The largest absolute Gasteiger partial charge is 0.745 e. The van der Waals surface area contributed by atoms with Crippen LogP contribution in [0.5, 0.6) is 0 Å². The summed E-state index contributed by atoms with van der Waals surface area (Å²) in [6.45, 7) is 25.3. The van der Waals surface area contributed by atoms with Gasteiger partial charge in [-0.2, -0.15) is 0 Å². The van der Waals surface area contributed by atoms with Crippen LogP contribution < -0.4 is 0 Å². The molecule has 2 unspecified atom stereocenters. The standard InChI is InChI=1S/C46H90O.O5P2/c1-39(2)31-23-15-11-19-27-35-44(36-28-20-12-16-24-32-40(3)4)46(47-43(9)10)45(37-29-21-13-17-25-33-41(5)6)38-30-22-14-18-26-34-42(7)8;1-6(2)5-7(3)4/h39-42,44H,9,11-38H2,1-8,10H3;/p+2. The van der Waals surface area contributed by atoms with E-state index < -0.39 is 16.5 Å². The lowest BCUT2D eigenvalue weighted by Gasteiger charge is -2.25. The van der Waals surface area contributed by atoms with Crippen molar-refractivity contribution in [2.75, 3.05) is 0 Å². The third kappa shape index (κ3) is 42.5. The molecule has 0 spiro atoms. The van der Waals surface area contributed by atoms with Gasteiger partial charge in [-0.1, -0.05) is 203 Å². The number of hydrogen-bond acceptors (Lipinski definition) is 4. The topological polar surface area (TPSA) is 93.1 Å². The van der Waals surface area contributed by atoms with E-state index in [2.05, 4.69) is 73.2 Å². The van der Waals surface area contributed by atoms with Crippen molar-refractivity contribution in [3.63, 3.8) is 0 Å². The average Bonchev–Trinajstić information content (AvgIpc) is 3.06. The minimum Gasteiger partial charge on any atom is -0.467 e. The first-order valence-electron chi connectivity index (χ1n) is 22.7. The molecule has 0 radical (unpaired) electrons. The summed E-state index contributed by atoms with van der Waals surface area (Å²) in [6, 6.07) is 0. The van der Waals surface area contributed by atoms with Crippen molar-refractivity contribution >= 4 is 16.5 Å². The monoisotopic (exact) mass is 803 g/mol. The van der Waals surface area contributed by atoms with Crippen molar-refractivity contribution in [3.8, 4) is 0 Å². The maximum absolute atomic E-state index is 9.39. The molecule has 0 aliphatic heterocycles. The molecule has 0 aliphatic carbocycles. The van der Waals surface area contributed by atoms with E-state index >= 15 is 0 Å². The van der Waals surface area contributed by atoms with E-state index in [0.29, 0.717) is 5.92 Å². The Labute approximate surface area is 338 Å². The lowest BCUT2D eigenvalue weighted by molar-refractivity contribution is 0.229. The van der Waals surface area contributed by atoms with E-state index in [1.807, 2.05) is 0 Å². The Balaban J connectivity index is 0. The molecule has 2 atom stereocenters. The molecule has 0 amide bonds. The summed E-state index contributed by atoms with van der Waals surface area (Å²) < 4.78 is 28.9. The highest BCUT2D eigenvalue weighted by molar-refractivity contribution is 7.46. The van der Waals surface area contributed by atoms with Gasteiger partial charge in [-0.3, -0.25) is 0 Å². The quantitative estimate of drug-likeness (QED) is 0.0369. The lowest BCUT2D eigenvalue weighted by Crippen LogP contribution is -2.12. The highest BCUT2D eigenvalue weighted by atomic mass is 31.2.